The zero-order chi connectivity index (χ0) is 22.8. The number of nitrogens with zero attached hydrogens (tertiary/aromatic N) is 2. The van der Waals surface area contributed by atoms with Crippen LogP contribution < -0.4 is 4.72 Å². The van der Waals surface area contributed by atoms with Crippen molar-refractivity contribution < 1.29 is 17.9 Å². The van der Waals surface area contributed by atoms with Crippen LogP contribution in [0, 0.1) is 19.8 Å². The molecule has 0 fully saturated rings. The number of amides is 1. The summed E-state index contributed by atoms with van der Waals surface area (Å²) in [4.78, 5) is 16.8. The third-order valence-electron chi connectivity index (χ3n) is 4.86. The molecule has 0 saturated carbocycles. The van der Waals surface area contributed by atoms with E-state index in [1.165, 1.54) is 11.3 Å². The van der Waals surface area contributed by atoms with Gasteiger partial charge >= 0.3 is 6.09 Å². The molecule has 0 saturated heterocycles. The van der Waals surface area contributed by atoms with Crippen LogP contribution in [-0.4, -0.2) is 31.2 Å². The standard InChI is InChI=1S/C22H27N3O4S2/c1-14(2)10-18-12-20(21(30-18)31(27,28)24-22(26)29-5)19-7-6-17(11-15(19)3)13-25-9-8-23-16(25)4/h6-9,11-12,14H,10,13H2,1-5H3,(H,24,26). The van der Waals surface area contributed by atoms with Crippen LogP contribution in [0.5, 0.6) is 0 Å². The van der Waals surface area contributed by atoms with E-state index in [1.54, 1.807) is 6.20 Å². The van der Waals surface area contributed by atoms with E-state index in [2.05, 4.69) is 34.2 Å². The molecule has 0 bridgehead atoms. The molecule has 0 spiro atoms. The lowest BCUT2D eigenvalue weighted by atomic mass is 9.99. The molecule has 9 heteroatoms. The summed E-state index contributed by atoms with van der Waals surface area (Å²) < 4.78 is 34.5. The molecule has 0 atom stereocenters. The lowest BCUT2D eigenvalue weighted by molar-refractivity contribution is 0.177. The van der Waals surface area contributed by atoms with Crippen molar-refractivity contribution in [3.63, 3.8) is 0 Å². The van der Waals surface area contributed by atoms with Crippen LogP contribution in [0.3, 0.4) is 0 Å². The Hall–Kier alpha value is -2.65. The van der Waals surface area contributed by atoms with Gasteiger partial charge in [0.25, 0.3) is 10.0 Å². The van der Waals surface area contributed by atoms with Crippen LogP contribution >= 0.6 is 11.3 Å². The Balaban J connectivity index is 2.03. The predicted octanol–water partition coefficient (Wildman–Crippen LogP) is 4.52. The summed E-state index contributed by atoms with van der Waals surface area (Å²) in [7, 11) is -2.92. The normalized spacial score (nSPS) is 11.7. The van der Waals surface area contributed by atoms with E-state index >= 15 is 0 Å². The minimum atomic E-state index is -4.06. The summed E-state index contributed by atoms with van der Waals surface area (Å²) in [6, 6.07) is 7.90. The molecule has 2 aromatic heterocycles. The fourth-order valence-electron chi connectivity index (χ4n) is 3.41. The van der Waals surface area contributed by atoms with Gasteiger partial charge in [-0.2, -0.15) is 0 Å². The number of hydrogen-bond donors (Lipinski definition) is 1. The number of carbonyl (C=O) groups is 1. The van der Waals surface area contributed by atoms with Gasteiger partial charge in [0.05, 0.1) is 7.11 Å². The van der Waals surface area contributed by atoms with Crippen LogP contribution in [0.2, 0.25) is 0 Å². The van der Waals surface area contributed by atoms with Crippen molar-refractivity contribution in [1.29, 1.82) is 0 Å². The Kier molecular flexibility index (Phi) is 6.86. The second-order valence-electron chi connectivity index (χ2n) is 7.86. The Morgan fingerprint density at radius 1 is 1.23 bits per heavy atom. The number of sulfonamides is 1. The van der Waals surface area contributed by atoms with Gasteiger partial charge in [0.15, 0.2) is 0 Å². The fourth-order valence-corrected chi connectivity index (χ4v) is 6.25. The van der Waals surface area contributed by atoms with Gasteiger partial charge < -0.3 is 9.30 Å². The summed E-state index contributed by atoms with van der Waals surface area (Å²) in [6.07, 6.45) is 3.44. The van der Waals surface area contributed by atoms with Gasteiger partial charge in [0.2, 0.25) is 0 Å². The molecular formula is C22H27N3O4S2. The predicted molar refractivity (Wildman–Crippen MR) is 122 cm³/mol. The number of aryl methyl sites for hydroxylation is 2. The number of thiophene rings is 1. The summed E-state index contributed by atoms with van der Waals surface area (Å²) in [5.74, 6) is 1.30. The number of nitrogens with one attached hydrogen (secondary N) is 1. The Labute approximate surface area is 187 Å². The van der Waals surface area contributed by atoms with Gasteiger partial charge in [0.1, 0.15) is 10.0 Å². The van der Waals surface area contributed by atoms with Crippen molar-refractivity contribution in [2.24, 2.45) is 5.92 Å². The first-order valence-corrected chi connectivity index (χ1v) is 12.2. The lowest BCUT2D eigenvalue weighted by Gasteiger charge is -2.11. The molecule has 0 unspecified atom stereocenters. The highest BCUT2D eigenvalue weighted by Gasteiger charge is 2.26. The van der Waals surface area contributed by atoms with Gasteiger partial charge in [-0.15, -0.1) is 11.3 Å². The molecule has 166 valence electrons. The van der Waals surface area contributed by atoms with Crippen LogP contribution in [0.25, 0.3) is 11.1 Å². The van der Waals surface area contributed by atoms with Crippen LogP contribution in [0.1, 0.15) is 35.7 Å². The second kappa shape index (κ2) is 9.23. The van der Waals surface area contributed by atoms with Crippen molar-refractivity contribution in [2.75, 3.05) is 7.11 Å². The number of hydrogen-bond acceptors (Lipinski definition) is 6. The topological polar surface area (TPSA) is 90.3 Å². The number of aromatic nitrogens is 2. The molecule has 1 amide bonds. The summed E-state index contributed by atoms with van der Waals surface area (Å²) in [6.45, 7) is 8.76. The number of ether oxygens (including phenoxy) is 1. The molecule has 0 aliphatic carbocycles. The van der Waals surface area contributed by atoms with Gasteiger partial charge in [-0.25, -0.2) is 22.9 Å². The first kappa shape index (κ1) is 23.0. The zero-order valence-electron chi connectivity index (χ0n) is 18.3. The summed E-state index contributed by atoms with van der Waals surface area (Å²) in [5.41, 5.74) is 3.47. The van der Waals surface area contributed by atoms with E-state index < -0.39 is 16.1 Å². The quantitative estimate of drug-likeness (QED) is 0.559. The van der Waals surface area contributed by atoms with Gasteiger partial charge in [0, 0.05) is 29.4 Å². The van der Waals surface area contributed by atoms with Crippen molar-refractivity contribution >= 4 is 27.5 Å². The largest absolute Gasteiger partial charge is 0.452 e. The maximum absolute atomic E-state index is 12.9. The zero-order valence-corrected chi connectivity index (χ0v) is 19.9. The lowest BCUT2D eigenvalue weighted by Crippen LogP contribution is -2.30. The minimum absolute atomic E-state index is 0.120. The van der Waals surface area contributed by atoms with Crippen molar-refractivity contribution in [3.8, 4) is 11.1 Å². The monoisotopic (exact) mass is 461 g/mol. The highest BCUT2D eigenvalue weighted by molar-refractivity contribution is 7.92. The molecule has 1 aromatic carbocycles. The number of benzene rings is 1. The van der Waals surface area contributed by atoms with E-state index in [4.69, 9.17) is 0 Å². The number of rotatable bonds is 7. The second-order valence-corrected chi connectivity index (χ2v) is 10.9. The Morgan fingerprint density at radius 3 is 2.55 bits per heavy atom. The Morgan fingerprint density at radius 2 is 1.97 bits per heavy atom. The highest BCUT2D eigenvalue weighted by atomic mass is 32.2. The van der Waals surface area contributed by atoms with Crippen molar-refractivity contribution in [3.05, 3.63) is 58.5 Å². The molecular weight excluding hydrogens is 434 g/mol. The molecule has 2 heterocycles. The molecule has 7 nitrogen and oxygen atoms in total. The SMILES string of the molecule is COC(=O)NS(=O)(=O)c1sc(CC(C)C)cc1-c1ccc(Cn2ccnc2C)cc1C. The average Bonchev–Trinajstić information content (AvgIpc) is 3.28. The summed E-state index contributed by atoms with van der Waals surface area (Å²) in [5, 5.41) is 0. The van der Waals surface area contributed by atoms with Crippen molar-refractivity contribution in [2.45, 2.75) is 44.9 Å². The minimum Gasteiger partial charge on any atom is -0.452 e. The van der Waals surface area contributed by atoms with Crippen molar-refractivity contribution in [1.82, 2.24) is 14.3 Å². The van der Waals surface area contributed by atoms with Gasteiger partial charge in [-0.3, -0.25) is 0 Å². The third-order valence-corrected chi connectivity index (χ3v) is 7.87. The van der Waals surface area contributed by atoms with E-state index in [9.17, 15) is 13.2 Å². The van der Waals surface area contributed by atoms with Crippen LogP contribution in [0.4, 0.5) is 4.79 Å². The number of carbonyl (C=O) groups excluding carboxylic acids is 1. The molecule has 3 aromatic rings. The van der Waals surface area contributed by atoms with Gasteiger partial charge in [-0.1, -0.05) is 32.0 Å². The van der Waals surface area contributed by atoms with E-state index in [-0.39, 0.29) is 4.21 Å². The number of imidazole rings is 1. The van der Waals surface area contributed by atoms with Crippen LogP contribution in [0.15, 0.2) is 40.9 Å². The molecule has 31 heavy (non-hydrogen) atoms. The van der Waals surface area contributed by atoms with E-state index in [0.29, 0.717) is 18.0 Å². The summed E-state index contributed by atoms with van der Waals surface area (Å²) >= 11 is 1.19. The maximum Gasteiger partial charge on any atom is 0.420 e. The molecule has 0 aliphatic heterocycles. The Bertz CT molecular complexity index is 1190. The fraction of sp³-hybridized carbons (Fsp3) is 0.364. The van der Waals surface area contributed by atoms with Gasteiger partial charge in [-0.05, 0) is 48.9 Å². The highest BCUT2D eigenvalue weighted by Crippen LogP contribution is 2.38. The molecule has 0 aliphatic rings. The maximum atomic E-state index is 12.9. The van der Waals surface area contributed by atoms with E-state index in [1.807, 2.05) is 43.0 Å². The molecule has 0 radical (unpaired) electrons. The number of methoxy groups -OCH3 is 1. The first-order valence-electron chi connectivity index (χ1n) is 9.91. The molecule has 3 rings (SSSR count). The van der Waals surface area contributed by atoms with Crippen LogP contribution in [-0.2, 0) is 27.7 Å². The first-order chi connectivity index (χ1) is 14.6. The molecule has 1 N–H and O–H groups in total. The van der Waals surface area contributed by atoms with E-state index in [0.717, 1.165) is 40.9 Å². The third kappa shape index (κ3) is 5.34. The smallest absolute Gasteiger partial charge is 0.420 e. The average molecular weight is 462 g/mol.